The molecule has 1 unspecified atom stereocenters. The van der Waals surface area contributed by atoms with Crippen molar-refractivity contribution in [1.82, 2.24) is 9.80 Å². The number of phenolic OH excluding ortho intramolecular Hbond substituents is 1. The van der Waals surface area contributed by atoms with Crippen LogP contribution >= 0.6 is 0 Å². The first-order valence-electron chi connectivity index (χ1n) is 10.5. The van der Waals surface area contributed by atoms with Gasteiger partial charge in [-0.2, -0.15) is 0 Å². The summed E-state index contributed by atoms with van der Waals surface area (Å²) in [6, 6.07) is 13.2. The Hall–Kier alpha value is -2.73. The molecule has 2 aromatic carbocycles. The fourth-order valence-electron chi connectivity index (χ4n) is 4.97. The molecule has 160 valence electrons. The Morgan fingerprint density at radius 2 is 1.87 bits per heavy atom. The van der Waals surface area contributed by atoms with E-state index in [1.54, 1.807) is 26.4 Å². The topological polar surface area (TPSA) is 62.2 Å². The van der Waals surface area contributed by atoms with E-state index >= 15 is 0 Å². The first kappa shape index (κ1) is 20.5. The normalized spacial score (nSPS) is 21.9. The molecule has 2 saturated heterocycles. The molecule has 0 aromatic heterocycles. The van der Waals surface area contributed by atoms with Crippen molar-refractivity contribution < 1.29 is 19.4 Å². The van der Waals surface area contributed by atoms with Gasteiger partial charge in [-0.3, -0.25) is 9.69 Å². The van der Waals surface area contributed by atoms with Gasteiger partial charge in [0, 0.05) is 31.7 Å². The zero-order valence-electron chi connectivity index (χ0n) is 17.8. The zero-order valence-corrected chi connectivity index (χ0v) is 17.8. The molecule has 2 aromatic rings. The molecule has 6 heteroatoms. The molecule has 2 fully saturated rings. The molecule has 2 aliphatic rings. The second-order valence-electron chi connectivity index (χ2n) is 8.39. The Morgan fingerprint density at radius 3 is 2.63 bits per heavy atom. The molecule has 1 spiro atoms. The largest absolute Gasteiger partial charge is 0.508 e. The van der Waals surface area contributed by atoms with Crippen LogP contribution in [-0.2, 0) is 17.9 Å². The summed E-state index contributed by atoms with van der Waals surface area (Å²) in [5.74, 6) is 1.92. The van der Waals surface area contributed by atoms with E-state index in [1.807, 2.05) is 35.2 Å². The van der Waals surface area contributed by atoms with Crippen molar-refractivity contribution in [1.29, 1.82) is 0 Å². The van der Waals surface area contributed by atoms with Gasteiger partial charge in [0.1, 0.15) is 5.75 Å². The van der Waals surface area contributed by atoms with Gasteiger partial charge in [-0.05, 0) is 49.6 Å². The van der Waals surface area contributed by atoms with Crippen LogP contribution in [0.25, 0.3) is 0 Å². The number of aromatic hydroxyl groups is 1. The van der Waals surface area contributed by atoms with E-state index in [2.05, 4.69) is 4.90 Å². The lowest BCUT2D eigenvalue weighted by atomic mass is 9.78. The second kappa shape index (κ2) is 8.56. The summed E-state index contributed by atoms with van der Waals surface area (Å²) < 4.78 is 11.0. The molecule has 30 heavy (non-hydrogen) atoms. The molecule has 0 bridgehead atoms. The molecule has 1 amide bonds. The van der Waals surface area contributed by atoms with Gasteiger partial charge < -0.3 is 19.5 Å². The van der Waals surface area contributed by atoms with Gasteiger partial charge in [0.15, 0.2) is 11.5 Å². The summed E-state index contributed by atoms with van der Waals surface area (Å²) in [7, 11) is 3.26. The summed E-state index contributed by atoms with van der Waals surface area (Å²) in [6.45, 7) is 3.74. The zero-order chi connectivity index (χ0) is 21.1. The SMILES string of the molecule is COc1cccc(CN2CCCC3(CCN(Cc4cccc(O)c4)C3)C2=O)c1OC. The number of phenols is 1. The third-order valence-corrected chi connectivity index (χ3v) is 6.42. The molecule has 2 heterocycles. The second-order valence-corrected chi connectivity index (χ2v) is 8.39. The van der Waals surface area contributed by atoms with Gasteiger partial charge in [-0.15, -0.1) is 0 Å². The summed E-state index contributed by atoms with van der Waals surface area (Å²) in [5.41, 5.74) is 1.74. The lowest BCUT2D eigenvalue weighted by Crippen LogP contribution is -2.49. The van der Waals surface area contributed by atoms with Gasteiger partial charge in [-0.1, -0.05) is 24.3 Å². The number of likely N-dealkylation sites (tertiary alicyclic amines) is 2. The molecule has 2 aliphatic heterocycles. The maximum atomic E-state index is 13.5. The number of hydrogen-bond donors (Lipinski definition) is 1. The molecule has 6 nitrogen and oxygen atoms in total. The average molecular weight is 411 g/mol. The van der Waals surface area contributed by atoms with Crippen molar-refractivity contribution in [2.45, 2.75) is 32.4 Å². The minimum atomic E-state index is -0.304. The van der Waals surface area contributed by atoms with E-state index in [0.29, 0.717) is 18.0 Å². The van der Waals surface area contributed by atoms with Crippen molar-refractivity contribution >= 4 is 5.91 Å². The highest BCUT2D eigenvalue weighted by Gasteiger charge is 2.48. The number of para-hydroxylation sites is 1. The fraction of sp³-hybridized carbons (Fsp3) is 0.458. The third kappa shape index (κ3) is 3.97. The molecule has 0 saturated carbocycles. The predicted octanol–water partition coefficient (Wildman–Crippen LogP) is 3.42. The van der Waals surface area contributed by atoms with Crippen LogP contribution in [0.5, 0.6) is 17.2 Å². The number of ether oxygens (including phenoxy) is 2. The Morgan fingerprint density at radius 1 is 1.03 bits per heavy atom. The number of hydrogen-bond acceptors (Lipinski definition) is 5. The standard InChI is InChI=1S/C24H30N2O4/c1-29-21-9-4-7-19(22(21)30-2)16-26-12-5-10-24(23(26)28)11-13-25(17-24)15-18-6-3-8-20(27)14-18/h3-4,6-9,14,27H,5,10-13,15-17H2,1-2H3. The Balaban J connectivity index is 1.47. The van der Waals surface area contributed by atoms with E-state index in [0.717, 1.165) is 56.6 Å². The van der Waals surface area contributed by atoms with Gasteiger partial charge >= 0.3 is 0 Å². The van der Waals surface area contributed by atoms with Gasteiger partial charge in [0.05, 0.1) is 19.6 Å². The van der Waals surface area contributed by atoms with Gasteiger partial charge in [0.2, 0.25) is 5.91 Å². The lowest BCUT2D eigenvalue weighted by molar-refractivity contribution is -0.146. The minimum absolute atomic E-state index is 0.247. The van der Waals surface area contributed by atoms with E-state index in [-0.39, 0.29) is 17.1 Å². The number of amides is 1. The highest BCUT2D eigenvalue weighted by atomic mass is 16.5. The van der Waals surface area contributed by atoms with Crippen LogP contribution in [0.3, 0.4) is 0 Å². The summed E-state index contributed by atoms with van der Waals surface area (Å²) in [4.78, 5) is 17.9. The molecule has 0 aliphatic carbocycles. The molecule has 1 atom stereocenters. The van der Waals surface area contributed by atoms with Crippen LogP contribution in [0.15, 0.2) is 42.5 Å². The van der Waals surface area contributed by atoms with Crippen LogP contribution < -0.4 is 9.47 Å². The smallest absolute Gasteiger partial charge is 0.230 e. The first-order valence-corrected chi connectivity index (χ1v) is 10.5. The van der Waals surface area contributed by atoms with E-state index in [1.165, 1.54) is 0 Å². The summed E-state index contributed by atoms with van der Waals surface area (Å²) in [6.07, 6.45) is 2.84. The molecule has 4 rings (SSSR count). The lowest BCUT2D eigenvalue weighted by Gasteiger charge is -2.39. The maximum Gasteiger partial charge on any atom is 0.230 e. The van der Waals surface area contributed by atoms with E-state index in [9.17, 15) is 9.90 Å². The fourth-order valence-corrected chi connectivity index (χ4v) is 4.97. The number of nitrogens with zero attached hydrogens (tertiary/aromatic N) is 2. The quantitative estimate of drug-likeness (QED) is 0.791. The highest BCUT2D eigenvalue weighted by Crippen LogP contribution is 2.42. The molecular formula is C24H30N2O4. The highest BCUT2D eigenvalue weighted by molar-refractivity contribution is 5.84. The van der Waals surface area contributed by atoms with Crippen molar-refractivity contribution in [3.8, 4) is 17.2 Å². The summed E-state index contributed by atoms with van der Waals surface area (Å²) >= 11 is 0. The first-order chi connectivity index (χ1) is 14.5. The Bertz CT molecular complexity index is 916. The minimum Gasteiger partial charge on any atom is -0.508 e. The van der Waals surface area contributed by atoms with Crippen LogP contribution in [0, 0.1) is 5.41 Å². The number of methoxy groups -OCH3 is 2. The number of benzene rings is 2. The van der Waals surface area contributed by atoms with E-state index < -0.39 is 0 Å². The Kier molecular flexibility index (Phi) is 5.86. The number of piperidine rings is 1. The van der Waals surface area contributed by atoms with Crippen LogP contribution in [0.2, 0.25) is 0 Å². The maximum absolute atomic E-state index is 13.5. The third-order valence-electron chi connectivity index (χ3n) is 6.42. The average Bonchev–Trinajstić information content (AvgIpc) is 3.14. The van der Waals surface area contributed by atoms with Crippen LogP contribution in [0.1, 0.15) is 30.4 Å². The summed E-state index contributed by atoms with van der Waals surface area (Å²) in [5, 5.41) is 9.73. The molecule has 0 radical (unpaired) electrons. The molecule has 1 N–H and O–H groups in total. The van der Waals surface area contributed by atoms with Gasteiger partial charge in [0.25, 0.3) is 0 Å². The van der Waals surface area contributed by atoms with Gasteiger partial charge in [-0.25, -0.2) is 0 Å². The van der Waals surface area contributed by atoms with Crippen LogP contribution in [-0.4, -0.2) is 54.7 Å². The van der Waals surface area contributed by atoms with Crippen molar-refractivity contribution in [3.05, 3.63) is 53.6 Å². The predicted molar refractivity (Wildman–Crippen MR) is 115 cm³/mol. The van der Waals surface area contributed by atoms with Crippen molar-refractivity contribution in [2.24, 2.45) is 5.41 Å². The monoisotopic (exact) mass is 410 g/mol. The number of carbonyl (C=O) groups excluding carboxylic acids is 1. The van der Waals surface area contributed by atoms with Crippen molar-refractivity contribution in [2.75, 3.05) is 33.9 Å². The van der Waals surface area contributed by atoms with E-state index in [4.69, 9.17) is 9.47 Å². The Labute approximate surface area is 178 Å². The van der Waals surface area contributed by atoms with Crippen molar-refractivity contribution in [3.63, 3.8) is 0 Å². The van der Waals surface area contributed by atoms with Crippen LogP contribution in [0.4, 0.5) is 0 Å². The molecular weight excluding hydrogens is 380 g/mol. The number of carbonyl (C=O) groups is 1. The number of rotatable bonds is 6.